The number of amides is 1. The Bertz CT molecular complexity index is 603. The molecule has 6 heteroatoms. The van der Waals surface area contributed by atoms with E-state index in [4.69, 9.17) is 0 Å². The Morgan fingerprint density at radius 3 is 3.05 bits per heavy atom. The highest BCUT2D eigenvalue weighted by atomic mass is 16.1. The summed E-state index contributed by atoms with van der Waals surface area (Å²) in [4.78, 5) is 11.9. The number of aromatic nitrogens is 3. The van der Waals surface area contributed by atoms with Crippen LogP contribution in [0, 0.1) is 5.92 Å². The first-order valence-electron chi connectivity index (χ1n) is 7.59. The predicted molar refractivity (Wildman–Crippen MR) is 79.7 cm³/mol. The summed E-state index contributed by atoms with van der Waals surface area (Å²) < 4.78 is 1.90. The van der Waals surface area contributed by atoms with Crippen LogP contribution in [0.5, 0.6) is 0 Å². The van der Waals surface area contributed by atoms with Crippen LogP contribution in [0.4, 0.5) is 0 Å². The van der Waals surface area contributed by atoms with Gasteiger partial charge in [0, 0.05) is 12.6 Å². The Morgan fingerprint density at radius 2 is 2.19 bits per heavy atom. The molecule has 112 valence electrons. The number of hydrogen-bond acceptors (Lipinski definition) is 4. The van der Waals surface area contributed by atoms with Crippen molar-refractivity contribution in [3.05, 3.63) is 30.2 Å². The highest BCUT2D eigenvalue weighted by Gasteiger charge is 2.14. The molecule has 0 aromatic carbocycles. The van der Waals surface area contributed by atoms with Crippen LogP contribution in [0.15, 0.2) is 24.4 Å². The zero-order valence-electron chi connectivity index (χ0n) is 12.1. The maximum atomic E-state index is 11.9. The second-order valence-electron chi connectivity index (χ2n) is 5.55. The normalized spacial score (nSPS) is 16.2. The van der Waals surface area contributed by atoms with Gasteiger partial charge in [0.05, 0.1) is 6.54 Å². The molecule has 6 nitrogen and oxygen atoms in total. The first kappa shape index (κ1) is 14.0. The first-order chi connectivity index (χ1) is 10.3. The molecule has 3 heterocycles. The van der Waals surface area contributed by atoms with Crippen molar-refractivity contribution in [3.63, 3.8) is 0 Å². The molecule has 2 N–H and O–H groups in total. The van der Waals surface area contributed by atoms with Crippen LogP contribution in [0.2, 0.25) is 0 Å². The smallest absolute Gasteiger partial charge is 0.220 e. The molecule has 0 radical (unpaired) electrons. The number of nitrogens with one attached hydrogen (secondary N) is 2. The van der Waals surface area contributed by atoms with E-state index in [9.17, 15) is 4.79 Å². The van der Waals surface area contributed by atoms with Crippen molar-refractivity contribution in [2.45, 2.75) is 32.2 Å². The lowest BCUT2D eigenvalue weighted by molar-refractivity contribution is -0.121. The Kier molecular flexibility index (Phi) is 4.45. The third kappa shape index (κ3) is 3.58. The Labute approximate surface area is 123 Å². The molecule has 0 unspecified atom stereocenters. The van der Waals surface area contributed by atoms with Crippen LogP contribution in [-0.4, -0.2) is 33.6 Å². The minimum atomic E-state index is 0.0983. The summed E-state index contributed by atoms with van der Waals surface area (Å²) in [6.45, 7) is 2.59. The number of hydrogen-bond donors (Lipinski definition) is 2. The standard InChI is InChI=1S/C15H21N5O/c21-15(5-4-12-6-8-16-9-7-12)17-11-14-19-18-13-3-1-2-10-20(13)14/h1-3,10,12,16H,4-9,11H2,(H,17,21). The number of carbonyl (C=O) groups excluding carboxylic acids is 1. The zero-order valence-corrected chi connectivity index (χ0v) is 12.1. The van der Waals surface area contributed by atoms with Gasteiger partial charge in [0.25, 0.3) is 0 Å². The van der Waals surface area contributed by atoms with Crippen LogP contribution in [0.3, 0.4) is 0 Å². The van der Waals surface area contributed by atoms with Gasteiger partial charge in [-0.2, -0.15) is 0 Å². The largest absolute Gasteiger partial charge is 0.349 e. The van der Waals surface area contributed by atoms with Gasteiger partial charge < -0.3 is 10.6 Å². The van der Waals surface area contributed by atoms with Crippen LogP contribution < -0.4 is 10.6 Å². The highest BCUT2D eigenvalue weighted by molar-refractivity contribution is 5.75. The fourth-order valence-corrected chi connectivity index (χ4v) is 2.78. The van der Waals surface area contributed by atoms with Gasteiger partial charge in [-0.25, -0.2) is 0 Å². The number of nitrogens with zero attached hydrogens (tertiary/aromatic N) is 3. The summed E-state index contributed by atoms with van der Waals surface area (Å²) in [6.07, 6.45) is 5.85. The van der Waals surface area contributed by atoms with Crippen LogP contribution in [-0.2, 0) is 11.3 Å². The third-order valence-electron chi connectivity index (χ3n) is 4.07. The molecule has 2 aromatic heterocycles. The van der Waals surface area contributed by atoms with Gasteiger partial charge in [0.15, 0.2) is 11.5 Å². The maximum Gasteiger partial charge on any atom is 0.220 e. The summed E-state index contributed by atoms with van der Waals surface area (Å²) in [5.41, 5.74) is 0.802. The second kappa shape index (κ2) is 6.67. The van der Waals surface area contributed by atoms with Gasteiger partial charge in [-0.05, 0) is 50.4 Å². The van der Waals surface area contributed by atoms with E-state index >= 15 is 0 Å². The minimum absolute atomic E-state index is 0.0983. The van der Waals surface area contributed by atoms with Gasteiger partial charge in [-0.15, -0.1) is 10.2 Å². The highest BCUT2D eigenvalue weighted by Crippen LogP contribution is 2.17. The van der Waals surface area contributed by atoms with Gasteiger partial charge in [-0.1, -0.05) is 6.07 Å². The molecule has 0 aliphatic carbocycles. The molecule has 1 amide bonds. The quantitative estimate of drug-likeness (QED) is 0.864. The summed E-state index contributed by atoms with van der Waals surface area (Å²) in [5, 5.41) is 14.5. The molecule has 0 spiro atoms. The molecule has 3 rings (SSSR count). The number of piperidine rings is 1. The van der Waals surface area contributed by atoms with Crippen molar-refractivity contribution in [1.82, 2.24) is 25.2 Å². The van der Waals surface area contributed by atoms with E-state index in [2.05, 4.69) is 20.8 Å². The Hall–Kier alpha value is -1.95. The van der Waals surface area contributed by atoms with E-state index in [1.165, 1.54) is 12.8 Å². The first-order valence-corrected chi connectivity index (χ1v) is 7.59. The number of pyridine rings is 1. The van der Waals surface area contributed by atoms with E-state index in [1.807, 2.05) is 28.8 Å². The summed E-state index contributed by atoms with van der Waals surface area (Å²) in [5.74, 6) is 1.55. The van der Waals surface area contributed by atoms with Crippen molar-refractivity contribution in [1.29, 1.82) is 0 Å². The topological polar surface area (TPSA) is 71.3 Å². The van der Waals surface area contributed by atoms with Gasteiger partial charge in [0.2, 0.25) is 5.91 Å². The van der Waals surface area contributed by atoms with Gasteiger partial charge in [-0.3, -0.25) is 9.20 Å². The minimum Gasteiger partial charge on any atom is -0.349 e. The average molecular weight is 287 g/mol. The van der Waals surface area contributed by atoms with Crippen molar-refractivity contribution in [2.75, 3.05) is 13.1 Å². The molecule has 1 aliphatic heterocycles. The molecular weight excluding hydrogens is 266 g/mol. The molecule has 2 aromatic rings. The summed E-state index contributed by atoms with van der Waals surface area (Å²) in [7, 11) is 0. The van der Waals surface area contributed by atoms with Crippen LogP contribution in [0.1, 0.15) is 31.5 Å². The zero-order chi connectivity index (χ0) is 14.5. The van der Waals surface area contributed by atoms with E-state index in [-0.39, 0.29) is 5.91 Å². The monoisotopic (exact) mass is 287 g/mol. The Balaban J connectivity index is 1.47. The fraction of sp³-hybridized carbons (Fsp3) is 0.533. The van der Waals surface area contributed by atoms with Crippen molar-refractivity contribution in [2.24, 2.45) is 5.92 Å². The molecule has 21 heavy (non-hydrogen) atoms. The molecular formula is C15H21N5O. The lowest BCUT2D eigenvalue weighted by Gasteiger charge is -2.22. The lowest BCUT2D eigenvalue weighted by Crippen LogP contribution is -2.29. The number of rotatable bonds is 5. The van der Waals surface area contributed by atoms with E-state index in [0.29, 0.717) is 18.9 Å². The van der Waals surface area contributed by atoms with E-state index in [1.54, 1.807) is 0 Å². The number of carbonyl (C=O) groups is 1. The van der Waals surface area contributed by atoms with E-state index < -0.39 is 0 Å². The molecule has 0 bridgehead atoms. The number of fused-ring (bicyclic) bond motifs is 1. The second-order valence-corrected chi connectivity index (χ2v) is 5.55. The third-order valence-corrected chi connectivity index (χ3v) is 4.07. The van der Waals surface area contributed by atoms with Crippen LogP contribution >= 0.6 is 0 Å². The summed E-state index contributed by atoms with van der Waals surface area (Å²) in [6, 6.07) is 5.75. The molecule has 1 aliphatic rings. The van der Waals surface area contributed by atoms with Crippen LogP contribution in [0.25, 0.3) is 5.65 Å². The fourth-order valence-electron chi connectivity index (χ4n) is 2.78. The average Bonchev–Trinajstić information content (AvgIpc) is 2.95. The molecule has 0 atom stereocenters. The summed E-state index contributed by atoms with van der Waals surface area (Å²) >= 11 is 0. The van der Waals surface area contributed by atoms with Crippen molar-refractivity contribution >= 4 is 11.6 Å². The van der Waals surface area contributed by atoms with Gasteiger partial charge >= 0.3 is 0 Å². The maximum absolute atomic E-state index is 11.9. The van der Waals surface area contributed by atoms with Crippen molar-refractivity contribution < 1.29 is 4.79 Å². The Morgan fingerprint density at radius 1 is 1.33 bits per heavy atom. The van der Waals surface area contributed by atoms with Crippen molar-refractivity contribution in [3.8, 4) is 0 Å². The van der Waals surface area contributed by atoms with Gasteiger partial charge in [0.1, 0.15) is 0 Å². The molecule has 1 fully saturated rings. The lowest BCUT2D eigenvalue weighted by atomic mass is 9.93. The molecule has 1 saturated heterocycles. The molecule has 0 saturated carbocycles. The predicted octanol–water partition coefficient (Wildman–Crippen LogP) is 1.13. The SMILES string of the molecule is O=C(CCC1CCNCC1)NCc1nnc2ccccn12. The van der Waals surface area contributed by atoms with E-state index in [0.717, 1.165) is 31.0 Å².